The Morgan fingerprint density at radius 2 is 2.12 bits per heavy atom. The first-order valence-corrected chi connectivity index (χ1v) is 6.98. The van der Waals surface area contributed by atoms with Crippen LogP contribution in [0.4, 0.5) is 0 Å². The van der Waals surface area contributed by atoms with Gasteiger partial charge in [-0.05, 0) is 19.7 Å². The third kappa shape index (κ3) is 2.59. The molecule has 2 unspecified atom stereocenters. The molecule has 0 amide bonds. The van der Waals surface area contributed by atoms with Crippen LogP contribution in [0.1, 0.15) is 11.6 Å². The fourth-order valence-electron chi connectivity index (χ4n) is 2.30. The van der Waals surface area contributed by atoms with Gasteiger partial charge in [0, 0.05) is 30.1 Å². The standard InChI is InChI=1S/C13H20N2S/c1-14-13(11-6-4-3-5-7-11)12-10-16-9-8-15(12)2/h3-7,12-14H,8-10H2,1-2H3. The number of nitrogens with one attached hydrogen (secondary N) is 1. The maximum Gasteiger partial charge on any atom is 0.0483 e. The number of rotatable bonds is 3. The Hall–Kier alpha value is -0.510. The number of benzene rings is 1. The maximum atomic E-state index is 3.46. The van der Waals surface area contributed by atoms with Gasteiger partial charge in [0.2, 0.25) is 0 Å². The van der Waals surface area contributed by atoms with E-state index in [1.54, 1.807) is 0 Å². The summed E-state index contributed by atoms with van der Waals surface area (Å²) in [7, 11) is 4.29. The molecule has 1 aliphatic rings. The Morgan fingerprint density at radius 3 is 2.75 bits per heavy atom. The molecule has 1 aliphatic heterocycles. The lowest BCUT2D eigenvalue weighted by Gasteiger charge is -2.37. The second kappa shape index (κ2) is 5.71. The van der Waals surface area contributed by atoms with Gasteiger partial charge in [-0.1, -0.05) is 30.3 Å². The number of likely N-dealkylation sites (N-methyl/N-ethyl adjacent to an activating group) is 2. The summed E-state index contributed by atoms with van der Waals surface area (Å²) < 4.78 is 0. The lowest BCUT2D eigenvalue weighted by molar-refractivity contribution is 0.221. The van der Waals surface area contributed by atoms with Crippen LogP contribution in [-0.4, -0.2) is 43.1 Å². The Labute approximate surface area is 102 Å². The third-order valence-electron chi connectivity index (χ3n) is 3.30. The van der Waals surface area contributed by atoms with Gasteiger partial charge in [-0.3, -0.25) is 4.90 Å². The number of thioether (sulfide) groups is 1. The molecule has 0 spiro atoms. The summed E-state index contributed by atoms with van der Waals surface area (Å²) in [5, 5.41) is 3.46. The Morgan fingerprint density at radius 1 is 1.38 bits per heavy atom. The second-order valence-electron chi connectivity index (χ2n) is 4.30. The van der Waals surface area contributed by atoms with Gasteiger partial charge < -0.3 is 5.32 Å². The minimum Gasteiger partial charge on any atom is -0.312 e. The van der Waals surface area contributed by atoms with Crippen molar-refractivity contribution in [2.75, 3.05) is 32.1 Å². The zero-order valence-corrected chi connectivity index (χ0v) is 10.8. The van der Waals surface area contributed by atoms with Crippen LogP contribution in [0.5, 0.6) is 0 Å². The molecule has 0 radical (unpaired) electrons. The molecule has 0 bridgehead atoms. The van der Waals surface area contributed by atoms with Crippen LogP contribution in [0.15, 0.2) is 30.3 Å². The highest BCUT2D eigenvalue weighted by atomic mass is 32.2. The van der Waals surface area contributed by atoms with Crippen molar-refractivity contribution in [3.05, 3.63) is 35.9 Å². The minimum atomic E-state index is 0.444. The molecule has 3 heteroatoms. The summed E-state index contributed by atoms with van der Waals surface area (Å²) in [6.45, 7) is 1.19. The van der Waals surface area contributed by atoms with E-state index in [1.807, 2.05) is 0 Å². The first kappa shape index (κ1) is 12.0. The van der Waals surface area contributed by atoms with Crippen molar-refractivity contribution in [2.24, 2.45) is 0 Å². The number of hydrogen-bond donors (Lipinski definition) is 1. The van der Waals surface area contributed by atoms with Crippen LogP contribution < -0.4 is 5.32 Å². The summed E-state index contributed by atoms with van der Waals surface area (Å²) >= 11 is 2.06. The van der Waals surface area contributed by atoms with E-state index in [0.717, 1.165) is 0 Å². The predicted molar refractivity (Wildman–Crippen MR) is 72.0 cm³/mol. The molecule has 0 aromatic heterocycles. The van der Waals surface area contributed by atoms with Gasteiger partial charge in [0.1, 0.15) is 0 Å². The van der Waals surface area contributed by atoms with Crippen molar-refractivity contribution in [2.45, 2.75) is 12.1 Å². The molecular weight excluding hydrogens is 216 g/mol. The maximum absolute atomic E-state index is 3.46. The summed E-state index contributed by atoms with van der Waals surface area (Å²) in [5.74, 6) is 2.48. The molecule has 1 aromatic rings. The van der Waals surface area contributed by atoms with E-state index in [0.29, 0.717) is 12.1 Å². The van der Waals surface area contributed by atoms with E-state index in [9.17, 15) is 0 Å². The van der Waals surface area contributed by atoms with Crippen LogP contribution in [0, 0.1) is 0 Å². The van der Waals surface area contributed by atoms with E-state index < -0.39 is 0 Å². The van der Waals surface area contributed by atoms with E-state index in [2.05, 4.69) is 66.4 Å². The van der Waals surface area contributed by atoms with Gasteiger partial charge in [-0.2, -0.15) is 11.8 Å². The molecule has 1 aromatic carbocycles. The second-order valence-corrected chi connectivity index (χ2v) is 5.45. The van der Waals surface area contributed by atoms with Crippen LogP contribution >= 0.6 is 11.8 Å². The lowest BCUT2D eigenvalue weighted by Crippen LogP contribution is -2.47. The highest BCUT2D eigenvalue weighted by Crippen LogP contribution is 2.26. The first-order chi connectivity index (χ1) is 7.83. The van der Waals surface area contributed by atoms with E-state index in [-0.39, 0.29) is 0 Å². The van der Waals surface area contributed by atoms with E-state index >= 15 is 0 Å². The highest BCUT2D eigenvalue weighted by molar-refractivity contribution is 7.99. The van der Waals surface area contributed by atoms with E-state index in [4.69, 9.17) is 0 Å². The molecule has 16 heavy (non-hydrogen) atoms. The summed E-state index contributed by atoms with van der Waals surface area (Å²) in [5.41, 5.74) is 1.39. The number of hydrogen-bond acceptors (Lipinski definition) is 3. The normalized spacial score (nSPS) is 24.2. The van der Waals surface area contributed by atoms with Gasteiger partial charge >= 0.3 is 0 Å². The van der Waals surface area contributed by atoms with Crippen molar-refractivity contribution < 1.29 is 0 Å². The fraction of sp³-hybridized carbons (Fsp3) is 0.538. The molecular formula is C13H20N2S. The zero-order chi connectivity index (χ0) is 11.4. The lowest BCUT2D eigenvalue weighted by atomic mass is 9.99. The molecule has 1 fully saturated rings. The van der Waals surface area contributed by atoms with Gasteiger partial charge in [-0.25, -0.2) is 0 Å². The van der Waals surface area contributed by atoms with Crippen LogP contribution in [-0.2, 0) is 0 Å². The molecule has 2 nitrogen and oxygen atoms in total. The molecule has 88 valence electrons. The Kier molecular flexibility index (Phi) is 4.27. The average Bonchev–Trinajstić information content (AvgIpc) is 2.34. The summed E-state index contributed by atoms with van der Waals surface area (Å²) in [4.78, 5) is 2.48. The zero-order valence-electron chi connectivity index (χ0n) is 10.0. The van der Waals surface area contributed by atoms with Crippen molar-refractivity contribution >= 4 is 11.8 Å². The highest BCUT2D eigenvalue weighted by Gasteiger charge is 2.27. The first-order valence-electron chi connectivity index (χ1n) is 5.83. The van der Waals surface area contributed by atoms with Crippen LogP contribution in [0.2, 0.25) is 0 Å². The summed E-state index contributed by atoms with van der Waals surface area (Å²) in [6, 6.07) is 11.8. The van der Waals surface area contributed by atoms with Crippen molar-refractivity contribution in [3.63, 3.8) is 0 Å². The summed E-state index contributed by atoms with van der Waals surface area (Å²) in [6.07, 6.45) is 0. The topological polar surface area (TPSA) is 15.3 Å². The minimum absolute atomic E-state index is 0.444. The molecule has 0 saturated carbocycles. The average molecular weight is 236 g/mol. The fourth-order valence-corrected chi connectivity index (χ4v) is 3.57. The third-order valence-corrected chi connectivity index (χ3v) is 4.35. The molecule has 2 atom stereocenters. The Bertz CT molecular complexity index is 315. The van der Waals surface area contributed by atoms with Gasteiger partial charge in [0.15, 0.2) is 0 Å². The SMILES string of the molecule is CNC(c1ccccc1)C1CSCCN1C. The van der Waals surface area contributed by atoms with Crippen LogP contribution in [0.3, 0.4) is 0 Å². The molecule has 0 aliphatic carbocycles. The predicted octanol–water partition coefficient (Wildman–Crippen LogP) is 1.99. The van der Waals surface area contributed by atoms with E-state index in [1.165, 1.54) is 23.6 Å². The van der Waals surface area contributed by atoms with Gasteiger partial charge in [0.05, 0.1) is 0 Å². The van der Waals surface area contributed by atoms with Crippen molar-refractivity contribution in [1.82, 2.24) is 10.2 Å². The molecule has 1 N–H and O–H groups in total. The van der Waals surface area contributed by atoms with Crippen molar-refractivity contribution in [3.8, 4) is 0 Å². The molecule has 2 rings (SSSR count). The molecule has 1 saturated heterocycles. The Balaban J connectivity index is 2.15. The van der Waals surface area contributed by atoms with Crippen LogP contribution in [0.25, 0.3) is 0 Å². The smallest absolute Gasteiger partial charge is 0.0483 e. The molecule has 1 heterocycles. The van der Waals surface area contributed by atoms with Gasteiger partial charge in [-0.15, -0.1) is 0 Å². The number of nitrogens with zero attached hydrogens (tertiary/aromatic N) is 1. The van der Waals surface area contributed by atoms with Crippen molar-refractivity contribution in [1.29, 1.82) is 0 Å². The monoisotopic (exact) mass is 236 g/mol. The largest absolute Gasteiger partial charge is 0.312 e. The van der Waals surface area contributed by atoms with Gasteiger partial charge in [0.25, 0.3) is 0 Å². The quantitative estimate of drug-likeness (QED) is 0.864.